The number of anilines is 1. The molecule has 7 nitrogen and oxygen atoms in total. The minimum absolute atomic E-state index is 0.128. The zero-order valence-corrected chi connectivity index (χ0v) is 15.5. The quantitative estimate of drug-likeness (QED) is 0.529. The number of halogens is 2. The van der Waals surface area contributed by atoms with Gasteiger partial charge in [0.25, 0.3) is 5.56 Å². The zero-order valence-electron chi connectivity index (χ0n) is 15.5. The van der Waals surface area contributed by atoms with Crippen molar-refractivity contribution in [1.82, 2.24) is 14.2 Å². The molecule has 0 atom stereocenters. The van der Waals surface area contributed by atoms with E-state index in [1.54, 1.807) is 12.1 Å². The van der Waals surface area contributed by atoms with E-state index in [9.17, 15) is 23.5 Å². The van der Waals surface area contributed by atoms with Crippen LogP contribution >= 0.6 is 0 Å². The normalized spacial score (nSPS) is 11.0. The summed E-state index contributed by atoms with van der Waals surface area (Å²) in [6.07, 6.45) is 2.85. The Labute approximate surface area is 168 Å². The molecule has 0 saturated heterocycles. The molecule has 30 heavy (non-hydrogen) atoms. The summed E-state index contributed by atoms with van der Waals surface area (Å²) in [7, 11) is 0. The SMILES string of the molecule is O=C(Cn1ccn2nc(-c3ccccc3)c(CO)c2c1=O)Nc1cc(F)ccc1F. The van der Waals surface area contributed by atoms with Crippen LogP contribution in [-0.4, -0.2) is 25.2 Å². The lowest BCUT2D eigenvalue weighted by molar-refractivity contribution is -0.116. The van der Waals surface area contributed by atoms with Gasteiger partial charge in [-0.2, -0.15) is 5.10 Å². The Bertz CT molecular complexity index is 1300. The number of fused-ring (bicyclic) bond motifs is 1. The predicted octanol–water partition coefficient (Wildman–Crippen LogP) is 2.57. The van der Waals surface area contributed by atoms with Gasteiger partial charge < -0.3 is 15.0 Å². The highest BCUT2D eigenvalue weighted by atomic mass is 19.1. The average Bonchev–Trinajstić information content (AvgIpc) is 3.13. The highest BCUT2D eigenvalue weighted by Crippen LogP contribution is 2.24. The molecule has 0 unspecified atom stereocenters. The van der Waals surface area contributed by atoms with Crippen molar-refractivity contribution in [2.75, 3.05) is 5.32 Å². The maximum atomic E-state index is 13.7. The smallest absolute Gasteiger partial charge is 0.277 e. The van der Waals surface area contributed by atoms with Gasteiger partial charge in [0.15, 0.2) is 0 Å². The molecular formula is C21H16F2N4O3. The molecular weight excluding hydrogens is 394 g/mol. The summed E-state index contributed by atoms with van der Waals surface area (Å²) in [5, 5.41) is 16.5. The van der Waals surface area contributed by atoms with Crippen LogP contribution < -0.4 is 10.9 Å². The minimum Gasteiger partial charge on any atom is -0.392 e. The molecule has 152 valence electrons. The van der Waals surface area contributed by atoms with E-state index in [1.165, 1.54) is 16.9 Å². The summed E-state index contributed by atoms with van der Waals surface area (Å²) < 4.78 is 29.5. The molecule has 0 saturated carbocycles. The second-order valence-electron chi connectivity index (χ2n) is 6.55. The fourth-order valence-corrected chi connectivity index (χ4v) is 3.19. The number of nitrogens with zero attached hydrogens (tertiary/aromatic N) is 3. The summed E-state index contributed by atoms with van der Waals surface area (Å²) in [6, 6.07) is 11.8. The van der Waals surface area contributed by atoms with Crippen molar-refractivity contribution in [3.05, 3.63) is 88.5 Å². The number of amides is 1. The van der Waals surface area contributed by atoms with Gasteiger partial charge in [0.05, 0.1) is 18.0 Å². The first kappa shape index (κ1) is 19.5. The first-order chi connectivity index (χ1) is 14.5. The lowest BCUT2D eigenvalue weighted by atomic mass is 10.1. The molecule has 2 heterocycles. The van der Waals surface area contributed by atoms with Gasteiger partial charge in [-0.1, -0.05) is 30.3 Å². The number of benzene rings is 2. The van der Waals surface area contributed by atoms with E-state index in [2.05, 4.69) is 10.4 Å². The van der Waals surface area contributed by atoms with Crippen molar-refractivity contribution in [3.8, 4) is 11.3 Å². The van der Waals surface area contributed by atoms with E-state index in [0.29, 0.717) is 11.3 Å². The molecule has 2 N–H and O–H groups in total. The van der Waals surface area contributed by atoms with Crippen LogP contribution in [-0.2, 0) is 17.9 Å². The molecule has 1 amide bonds. The molecule has 2 aromatic heterocycles. The fourth-order valence-electron chi connectivity index (χ4n) is 3.19. The summed E-state index contributed by atoms with van der Waals surface area (Å²) in [6.45, 7) is -0.852. The van der Waals surface area contributed by atoms with Crippen LogP contribution in [0.25, 0.3) is 16.8 Å². The fraction of sp³-hybridized carbons (Fsp3) is 0.0952. The highest BCUT2D eigenvalue weighted by molar-refractivity contribution is 5.90. The number of aliphatic hydroxyl groups is 1. The molecule has 0 aliphatic heterocycles. The second kappa shape index (κ2) is 7.88. The van der Waals surface area contributed by atoms with Crippen LogP contribution in [0.1, 0.15) is 5.56 Å². The van der Waals surface area contributed by atoms with Gasteiger partial charge in [-0.25, -0.2) is 13.3 Å². The van der Waals surface area contributed by atoms with Crippen molar-refractivity contribution in [2.24, 2.45) is 0 Å². The highest BCUT2D eigenvalue weighted by Gasteiger charge is 2.18. The first-order valence-electron chi connectivity index (χ1n) is 9.00. The first-order valence-corrected chi connectivity index (χ1v) is 9.00. The average molecular weight is 410 g/mol. The molecule has 4 rings (SSSR count). The van der Waals surface area contributed by atoms with Gasteiger partial charge in [0, 0.05) is 29.6 Å². The Hall–Kier alpha value is -3.85. The number of hydrogen-bond donors (Lipinski definition) is 2. The number of hydrogen-bond acceptors (Lipinski definition) is 4. The molecule has 0 bridgehead atoms. The number of rotatable bonds is 5. The maximum absolute atomic E-state index is 13.7. The molecule has 0 fully saturated rings. The molecule has 9 heteroatoms. The van der Waals surface area contributed by atoms with E-state index < -0.39 is 36.3 Å². The number of carbonyl (C=O) groups excluding carboxylic acids is 1. The molecule has 0 radical (unpaired) electrons. The van der Waals surface area contributed by atoms with Gasteiger partial charge in [-0.05, 0) is 12.1 Å². The summed E-state index contributed by atoms with van der Waals surface area (Å²) >= 11 is 0. The van der Waals surface area contributed by atoms with Crippen LogP contribution in [0, 0.1) is 11.6 Å². The summed E-state index contributed by atoms with van der Waals surface area (Å²) in [5.41, 5.74) is 0.780. The molecule has 0 aliphatic carbocycles. The molecule has 0 aliphatic rings. The summed E-state index contributed by atoms with van der Waals surface area (Å²) in [4.78, 5) is 25.2. The number of aliphatic hydroxyl groups excluding tert-OH is 1. The third kappa shape index (κ3) is 3.58. The van der Waals surface area contributed by atoms with Crippen molar-refractivity contribution >= 4 is 17.1 Å². The van der Waals surface area contributed by atoms with Gasteiger partial charge in [0.1, 0.15) is 23.7 Å². The molecule has 0 spiro atoms. The number of carbonyl (C=O) groups is 1. The van der Waals surface area contributed by atoms with E-state index in [0.717, 1.165) is 28.3 Å². The van der Waals surface area contributed by atoms with E-state index in [4.69, 9.17) is 0 Å². The van der Waals surface area contributed by atoms with Crippen molar-refractivity contribution in [2.45, 2.75) is 13.2 Å². The Morgan fingerprint density at radius 3 is 2.60 bits per heavy atom. The van der Waals surface area contributed by atoms with Gasteiger partial charge in [-0.3, -0.25) is 9.59 Å². The molecule has 4 aromatic rings. The molecule has 2 aromatic carbocycles. The standard InChI is InChI=1S/C21H16F2N4O3/c22-14-6-7-16(23)17(10-14)24-18(29)11-26-8-9-27-20(21(26)30)15(12-28)19(25-27)13-4-2-1-3-5-13/h1-10,28H,11-12H2,(H,24,29). The maximum Gasteiger partial charge on any atom is 0.277 e. The van der Waals surface area contributed by atoms with Crippen LogP contribution in [0.3, 0.4) is 0 Å². The zero-order chi connectivity index (χ0) is 21.3. The predicted molar refractivity (Wildman–Crippen MR) is 106 cm³/mol. The Balaban J connectivity index is 1.69. The Morgan fingerprint density at radius 1 is 1.10 bits per heavy atom. The van der Waals surface area contributed by atoms with E-state index in [1.807, 2.05) is 18.2 Å². The van der Waals surface area contributed by atoms with Crippen LogP contribution in [0.2, 0.25) is 0 Å². The topological polar surface area (TPSA) is 88.6 Å². The summed E-state index contributed by atoms with van der Waals surface area (Å²) in [5.74, 6) is -2.21. The minimum atomic E-state index is -0.793. The third-order valence-corrected chi connectivity index (χ3v) is 4.58. The number of aromatic nitrogens is 3. The lowest BCUT2D eigenvalue weighted by Gasteiger charge is -2.09. The van der Waals surface area contributed by atoms with Crippen LogP contribution in [0.15, 0.2) is 65.7 Å². The lowest BCUT2D eigenvalue weighted by Crippen LogP contribution is -2.28. The monoisotopic (exact) mass is 410 g/mol. The van der Waals surface area contributed by atoms with Gasteiger partial charge >= 0.3 is 0 Å². The third-order valence-electron chi connectivity index (χ3n) is 4.58. The Morgan fingerprint density at radius 2 is 1.87 bits per heavy atom. The van der Waals surface area contributed by atoms with Gasteiger partial charge in [0.2, 0.25) is 5.91 Å². The Kier molecular flexibility index (Phi) is 5.11. The number of nitrogens with one attached hydrogen (secondary N) is 1. The van der Waals surface area contributed by atoms with Crippen LogP contribution in [0.4, 0.5) is 14.5 Å². The van der Waals surface area contributed by atoms with E-state index >= 15 is 0 Å². The second-order valence-corrected chi connectivity index (χ2v) is 6.55. The van der Waals surface area contributed by atoms with Crippen molar-refractivity contribution < 1.29 is 18.7 Å². The van der Waals surface area contributed by atoms with Gasteiger partial charge in [-0.15, -0.1) is 0 Å². The van der Waals surface area contributed by atoms with Crippen molar-refractivity contribution in [1.29, 1.82) is 0 Å². The largest absolute Gasteiger partial charge is 0.392 e. The van der Waals surface area contributed by atoms with Crippen LogP contribution in [0.5, 0.6) is 0 Å². The van der Waals surface area contributed by atoms with Crippen molar-refractivity contribution in [3.63, 3.8) is 0 Å². The van der Waals surface area contributed by atoms with E-state index in [-0.39, 0.29) is 11.2 Å².